The van der Waals surface area contributed by atoms with Gasteiger partial charge in [0.1, 0.15) is 5.75 Å². The minimum absolute atomic E-state index is 0.123. The van der Waals surface area contributed by atoms with Gasteiger partial charge < -0.3 is 9.64 Å². The normalized spacial score (nSPS) is 12.2. The molecule has 17 heavy (non-hydrogen) atoms. The standard InChI is InChI=1S/C14H20N2O/c1-4-12(9-15)10-16(2)11-13-5-7-14(17-3)8-6-13/h5-8,12H,4,10-11H2,1-3H3. The molecule has 0 spiro atoms. The van der Waals surface area contributed by atoms with E-state index in [0.29, 0.717) is 0 Å². The van der Waals surface area contributed by atoms with Gasteiger partial charge in [0.05, 0.1) is 19.1 Å². The van der Waals surface area contributed by atoms with Crippen LogP contribution in [0.3, 0.4) is 0 Å². The molecule has 1 atom stereocenters. The monoisotopic (exact) mass is 232 g/mol. The van der Waals surface area contributed by atoms with E-state index in [0.717, 1.165) is 25.3 Å². The molecule has 0 heterocycles. The lowest BCUT2D eigenvalue weighted by molar-refractivity contribution is 0.292. The Labute approximate surface area is 104 Å². The second kappa shape index (κ2) is 6.93. The van der Waals surface area contributed by atoms with Crippen LogP contribution in [0.25, 0.3) is 0 Å². The van der Waals surface area contributed by atoms with Crippen molar-refractivity contribution < 1.29 is 4.74 Å². The fourth-order valence-corrected chi connectivity index (χ4v) is 1.74. The Kier molecular flexibility index (Phi) is 5.51. The summed E-state index contributed by atoms with van der Waals surface area (Å²) < 4.78 is 5.12. The van der Waals surface area contributed by atoms with Gasteiger partial charge in [-0.1, -0.05) is 19.1 Å². The summed E-state index contributed by atoms with van der Waals surface area (Å²) in [7, 11) is 3.71. The number of rotatable bonds is 6. The van der Waals surface area contributed by atoms with Crippen LogP contribution >= 0.6 is 0 Å². The van der Waals surface area contributed by atoms with Crippen molar-refractivity contribution >= 4 is 0 Å². The summed E-state index contributed by atoms with van der Waals surface area (Å²) in [4.78, 5) is 2.18. The van der Waals surface area contributed by atoms with Crippen LogP contribution in [0.2, 0.25) is 0 Å². The molecule has 0 aliphatic rings. The molecule has 0 N–H and O–H groups in total. The highest BCUT2D eigenvalue weighted by Crippen LogP contribution is 2.13. The molecule has 0 saturated heterocycles. The van der Waals surface area contributed by atoms with E-state index < -0.39 is 0 Å². The second-order valence-corrected chi connectivity index (χ2v) is 4.28. The number of hydrogen-bond acceptors (Lipinski definition) is 3. The van der Waals surface area contributed by atoms with E-state index in [4.69, 9.17) is 10.00 Å². The van der Waals surface area contributed by atoms with E-state index in [1.165, 1.54) is 5.56 Å². The van der Waals surface area contributed by atoms with Crippen molar-refractivity contribution in [1.29, 1.82) is 5.26 Å². The van der Waals surface area contributed by atoms with Crippen molar-refractivity contribution in [2.24, 2.45) is 5.92 Å². The highest BCUT2D eigenvalue weighted by atomic mass is 16.5. The summed E-state index contributed by atoms with van der Waals surface area (Å²) in [5.41, 5.74) is 1.24. The van der Waals surface area contributed by atoms with E-state index in [1.54, 1.807) is 7.11 Å². The minimum Gasteiger partial charge on any atom is -0.497 e. The van der Waals surface area contributed by atoms with E-state index in [9.17, 15) is 0 Å². The Bertz CT molecular complexity index is 367. The van der Waals surface area contributed by atoms with Crippen molar-refractivity contribution in [3.05, 3.63) is 29.8 Å². The van der Waals surface area contributed by atoms with Crippen LogP contribution in [0.1, 0.15) is 18.9 Å². The van der Waals surface area contributed by atoms with Gasteiger partial charge in [0.25, 0.3) is 0 Å². The Morgan fingerprint density at radius 3 is 2.47 bits per heavy atom. The summed E-state index contributed by atoms with van der Waals surface area (Å²) in [6.45, 7) is 3.73. The van der Waals surface area contributed by atoms with Crippen molar-refractivity contribution in [3.63, 3.8) is 0 Å². The van der Waals surface area contributed by atoms with Crippen LogP contribution in [0.5, 0.6) is 5.75 Å². The molecule has 1 unspecified atom stereocenters. The van der Waals surface area contributed by atoms with E-state index in [2.05, 4.69) is 30.0 Å². The SMILES string of the molecule is CCC(C#N)CN(C)Cc1ccc(OC)cc1. The molecule has 3 heteroatoms. The topological polar surface area (TPSA) is 36.3 Å². The first-order valence-corrected chi connectivity index (χ1v) is 5.90. The lowest BCUT2D eigenvalue weighted by Crippen LogP contribution is -2.24. The molecule has 0 fully saturated rings. The van der Waals surface area contributed by atoms with Crippen molar-refractivity contribution in [2.75, 3.05) is 20.7 Å². The fourth-order valence-electron chi connectivity index (χ4n) is 1.74. The average Bonchev–Trinajstić information content (AvgIpc) is 2.37. The molecule has 1 aromatic carbocycles. The smallest absolute Gasteiger partial charge is 0.118 e. The summed E-state index contributed by atoms with van der Waals surface area (Å²) in [5.74, 6) is 0.998. The van der Waals surface area contributed by atoms with E-state index >= 15 is 0 Å². The Morgan fingerprint density at radius 1 is 1.35 bits per heavy atom. The lowest BCUT2D eigenvalue weighted by Gasteiger charge is -2.19. The molecule has 0 aliphatic heterocycles. The van der Waals surface area contributed by atoms with Gasteiger partial charge in [-0.3, -0.25) is 0 Å². The maximum atomic E-state index is 8.92. The fraction of sp³-hybridized carbons (Fsp3) is 0.500. The number of nitrogens with zero attached hydrogens (tertiary/aromatic N) is 2. The van der Waals surface area contributed by atoms with Crippen molar-refractivity contribution in [1.82, 2.24) is 4.90 Å². The third kappa shape index (κ3) is 4.46. The van der Waals surface area contributed by atoms with Gasteiger partial charge in [-0.05, 0) is 31.2 Å². The van der Waals surface area contributed by atoms with Crippen LogP contribution in [-0.2, 0) is 6.54 Å². The summed E-state index contributed by atoms with van der Waals surface area (Å²) in [6.07, 6.45) is 0.906. The third-order valence-electron chi connectivity index (χ3n) is 2.82. The lowest BCUT2D eigenvalue weighted by atomic mass is 10.1. The molecule has 3 nitrogen and oxygen atoms in total. The predicted molar refractivity (Wildman–Crippen MR) is 68.7 cm³/mol. The zero-order valence-corrected chi connectivity index (χ0v) is 10.8. The number of hydrogen-bond donors (Lipinski definition) is 0. The molecule has 0 aromatic heterocycles. The molecule has 1 aromatic rings. The molecule has 0 amide bonds. The maximum absolute atomic E-state index is 8.92. The third-order valence-corrected chi connectivity index (χ3v) is 2.82. The van der Waals surface area contributed by atoms with Gasteiger partial charge in [0, 0.05) is 13.1 Å². The zero-order chi connectivity index (χ0) is 12.7. The molecule has 0 saturated carbocycles. The molecule has 0 bridgehead atoms. The number of ether oxygens (including phenoxy) is 1. The van der Waals surface area contributed by atoms with E-state index in [1.807, 2.05) is 19.2 Å². The molecular weight excluding hydrogens is 212 g/mol. The largest absolute Gasteiger partial charge is 0.497 e. The summed E-state index contributed by atoms with van der Waals surface area (Å²) in [6, 6.07) is 10.4. The van der Waals surface area contributed by atoms with Gasteiger partial charge >= 0.3 is 0 Å². The van der Waals surface area contributed by atoms with Crippen LogP contribution in [-0.4, -0.2) is 25.6 Å². The van der Waals surface area contributed by atoms with Gasteiger partial charge in [-0.2, -0.15) is 5.26 Å². The molecule has 92 valence electrons. The maximum Gasteiger partial charge on any atom is 0.118 e. The first kappa shape index (κ1) is 13.5. The molecule has 0 radical (unpaired) electrons. The van der Waals surface area contributed by atoms with Crippen LogP contribution < -0.4 is 4.74 Å². The van der Waals surface area contributed by atoms with Crippen molar-refractivity contribution in [3.8, 4) is 11.8 Å². The van der Waals surface area contributed by atoms with Gasteiger partial charge in [-0.15, -0.1) is 0 Å². The molecular formula is C14H20N2O. The second-order valence-electron chi connectivity index (χ2n) is 4.28. The van der Waals surface area contributed by atoms with Gasteiger partial charge in [0.15, 0.2) is 0 Å². The molecule has 0 aliphatic carbocycles. The van der Waals surface area contributed by atoms with Crippen molar-refractivity contribution in [2.45, 2.75) is 19.9 Å². The Hall–Kier alpha value is -1.53. The number of methoxy groups -OCH3 is 1. The minimum atomic E-state index is 0.123. The number of benzene rings is 1. The van der Waals surface area contributed by atoms with Gasteiger partial charge in [0.2, 0.25) is 0 Å². The van der Waals surface area contributed by atoms with E-state index in [-0.39, 0.29) is 5.92 Å². The predicted octanol–water partition coefficient (Wildman–Crippen LogP) is 2.68. The van der Waals surface area contributed by atoms with Crippen LogP contribution in [0.15, 0.2) is 24.3 Å². The Morgan fingerprint density at radius 2 is 2.00 bits per heavy atom. The first-order valence-electron chi connectivity index (χ1n) is 5.90. The zero-order valence-electron chi connectivity index (χ0n) is 10.8. The highest BCUT2D eigenvalue weighted by Gasteiger charge is 2.08. The summed E-state index contributed by atoms with van der Waals surface area (Å²) in [5, 5.41) is 8.92. The van der Waals surface area contributed by atoms with Crippen LogP contribution in [0.4, 0.5) is 0 Å². The molecule has 1 rings (SSSR count). The average molecular weight is 232 g/mol. The first-order chi connectivity index (χ1) is 8.19. The Balaban J connectivity index is 2.50. The van der Waals surface area contributed by atoms with Crippen LogP contribution in [0, 0.1) is 17.2 Å². The quantitative estimate of drug-likeness (QED) is 0.756. The van der Waals surface area contributed by atoms with Gasteiger partial charge in [-0.25, -0.2) is 0 Å². The number of nitriles is 1. The highest BCUT2D eigenvalue weighted by molar-refractivity contribution is 5.27. The summed E-state index contributed by atoms with van der Waals surface area (Å²) >= 11 is 0.